The smallest absolute Gasteiger partial charge is 0.0194 e. The zero-order valence-electron chi connectivity index (χ0n) is 11.6. The predicted molar refractivity (Wildman–Crippen MR) is 61.9 cm³/mol. The molecule has 0 aromatic carbocycles. The van der Waals surface area contributed by atoms with Crippen LogP contribution in [0.15, 0.2) is 0 Å². The maximum Gasteiger partial charge on any atom is 0.0194 e. The lowest BCUT2D eigenvalue weighted by Crippen LogP contribution is -2.43. The van der Waals surface area contributed by atoms with Crippen LogP contribution in [0.2, 0.25) is 0 Å². The fraction of sp³-hybridized carbons (Fsp3) is 1.00. The molecule has 0 nitrogen and oxygen atoms in total. The van der Waals surface area contributed by atoms with E-state index in [1.165, 1.54) is 20.2 Å². The fourth-order valence-corrected chi connectivity index (χ4v) is 2.57. The first-order valence-electron chi connectivity index (χ1n) is 6.23. The zero-order valence-corrected chi connectivity index (χ0v) is 10.6. The molecule has 0 heterocycles. The molecule has 0 aliphatic heterocycles. The molecule has 1 saturated carbocycles. The van der Waals surface area contributed by atoms with Crippen molar-refractivity contribution in [3.05, 3.63) is 0 Å². The van der Waals surface area contributed by atoms with E-state index in [0.717, 1.165) is 11.8 Å². The molecule has 0 radical (unpaired) electrons. The molecular formula is C13H28. The maximum atomic E-state index is 5.75. The molecule has 0 N–H and O–H groups in total. The van der Waals surface area contributed by atoms with Gasteiger partial charge in [0.1, 0.15) is 0 Å². The van der Waals surface area contributed by atoms with Crippen molar-refractivity contribution in [3.8, 4) is 0 Å². The summed E-state index contributed by atoms with van der Waals surface area (Å²) in [5, 5.41) is 0. The van der Waals surface area contributed by atoms with Crippen LogP contribution in [0.3, 0.4) is 0 Å². The van der Waals surface area contributed by atoms with Gasteiger partial charge in [-0.2, -0.15) is 0 Å². The Kier molecular flexibility index (Phi) is 3.09. The van der Waals surface area contributed by atoms with E-state index in [0.29, 0.717) is 10.8 Å². The zero-order chi connectivity index (χ0) is 11.6. The third-order valence-corrected chi connectivity index (χ3v) is 3.50. The number of rotatable bonds is 0. The van der Waals surface area contributed by atoms with Crippen molar-refractivity contribution in [1.29, 1.82) is 0 Å². The van der Waals surface area contributed by atoms with Crippen molar-refractivity contribution < 1.29 is 1.37 Å². The lowest BCUT2D eigenvalue weighted by molar-refractivity contribution is -0.0163. The van der Waals surface area contributed by atoms with Gasteiger partial charge in [0.25, 0.3) is 0 Å². The van der Waals surface area contributed by atoms with E-state index in [1.807, 2.05) is 0 Å². The molecule has 2 unspecified atom stereocenters. The largest absolute Gasteiger partial charge is 0.0776 e. The summed E-state index contributed by atoms with van der Waals surface area (Å²) in [6, 6.07) is 0. The topological polar surface area (TPSA) is 0 Å². The van der Waals surface area contributed by atoms with Gasteiger partial charge < -0.3 is 0 Å². The number of hydrogen-bond acceptors (Lipinski definition) is 0. The van der Waals surface area contributed by atoms with E-state index >= 15 is 0 Å². The van der Waals surface area contributed by atoms with Crippen LogP contribution in [0.5, 0.6) is 0 Å². The summed E-state index contributed by atoms with van der Waals surface area (Å²) in [5.41, 5.74) is 1.05. The molecule has 1 aliphatic rings. The Hall–Kier alpha value is 0. The van der Waals surface area contributed by atoms with Crippen molar-refractivity contribution in [2.75, 3.05) is 0 Å². The van der Waals surface area contributed by atoms with E-state index in [2.05, 4.69) is 41.5 Å². The third-order valence-electron chi connectivity index (χ3n) is 3.50. The van der Waals surface area contributed by atoms with E-state index < -0.39 is 0 Å². The highest BCUT2D eigenvalue weighted by atomic mass is 14.5. The molecule has 0 amide bonds. The molecule has 0 aromatic heterocycles. The van der Waals surface area contributed by atoms with Crippen molar-refractivity contribution in [1.82, 2.24) is 0 Å². The minimum Gasteiger partial charge on any atom is -0.0776 e. The van der Waals surface area contributed by atoms with E-state index in [1.54, 1.807) is 0 Å². The summed E-state index contributed by atoms with van der Waals surface area (Å²) in [5.74, 6) is 1.91. The molecule has 2 atom stereocenters. The second-order valence-corrected chi connectivity index (χ2v) is 6.52. The van der Waals surface area contributed by atoms with Crippen LogP contribution in [0.25, 0.3) is 0 Å². The molecule has 0 bridgehead atoms. The minimum atomic E-state index is 0.524. The van der Waals surface area contributed by atoms with Crippen LogP contribution in [-0.2, 0) is 0 Å². The van der Waals surface area contributed by atoms with Gasteiger partial charge in [0, 0.05) is 1.37 Å². The van der Waals surface area contributed by atoms with Crippen LogP contribution in [-0.4, -0.2) is 0 Å². The first-order chi connectivity index (χ1) is 6.23. The van der Waals surface area contributed by atoms with E-state index in [9.17, 15) is 0 Å². The van der Waals surface area contributed by atoms with Crippen molar-refractivity contribution in [2.24, 2.45) is 22.7 Å². The van der Waals surface area contributed by atoms with Crippen LogP contribution in [0.4, 0.5) is 0 Å². The van der Waals surface area contributed by atoms with Crippen LogP contribution >= 0.6 is 0 Å². The Balaban J connectivity index is 0.000000791. The summed E-state index contributed by atoms with van der Waals surface area (Å²) in [7, 11) is 1.25. The SMILES string of the molecule is CC(C)(C)C1CCC1C(C)(C)C.[2H]C. The third kappa shape index (κ3) is 2.72. The van der Waals surface area contributed by atoms with E-state index in [-0.39, 0.29) is 0 Å². The highest BCUT2D eigenvalue weighted by molar-refractivity contribution is 4.94. The second-order valence-electron chi connectivity index (χ2n) is 6.52. The Morgan fingerprint density at radius 1 is 0.846 bits per heavy atom. The predicted octanol–water partition coefficient (Wildman–Crippen LogP) is 4.74. The Morgan fingerprint density at radius 3 is 1.15 bits per heavy atom. The van der Waals surface area contributed by atoms with Gasteiger partial charge in [-0.15, -0.1) is 0 Å². The van der Waals surface area contributed by atoms with Gasteiger partial charge >= 0.3 is 0 Å². The Morgan fingerprint density at radius 2 is 1.08 bits per heavy atom. The molecule has 1 fully saturated rings. The van der Waals surface area contributed by atoms with Crippen LogP contribution < -0.4 is 0 Å². The quantitative estimate of drug-likeness (QED) is 0.511. The van der Waals surface area contributed by atoms with Gasteiger partial charge in [-0.25, -0.2) is 0 Å². The molecule has 0 saturated heterocycles. The Bertz CT molecular complexity index is 139. The van der Waals surface area contributed by atoms with Gasteiger partial charge in [-0.05, 0) is 35.5 Å². The van der Waals surface area contributed by atoms with Gasteiger partial charge in [0.2, 0.25) is 0 Å². The normalized spacial score (nSPS) is 29.6. The Labute approximate surface area is 86.5 Å². The number of hydrogen-bond donors (Lipinski definition) is 0. The monoisotopic (exact) mass is 185 g/mol. The second kappa shape index (κ2) is 3.63. The van der Waals surface area contributed by atoms with Gasteiger partial charge in [0.05, 0.1) is 0 Å². The molecule has 1 aliphatic carbocycles. The lowest BCUT2D eigenvalue weighted by Gasteiger charge is -2.51. The molecule has 0 heteroatoms. The molecular weight excluding hydrogens is 156 g/mol. The molecule has 80 valence electrons. The summed E-state index contributed by atoms with van der Waals surface area (Å²) in [6.07, 6.45) is 2.90. The summed E-state index contributed by atoms with van der Waals surface area (Å²) >= 11 is 0. The van der Waals surface area contributed by atoms with Gasteiger partial charge in [0.15, 0.2) is 0 Å². The summed E-state index contributed by atoms with van der Waals surface area (Å²) < 4.78 is 5.75. The first kappa shape index (κ1) is 11.1. The van der Waals surface area contributed by atoms with Crippen LogP contribution in [0.1, 0.15) is 63.2 Å². The maximum absolute atomic E-state index is 5.75. The molecule has 13 heavy (non-hydrogen) atoms. The molecule has 0 spiro atoms. The fourth-order valence-electron chi connectivity index (χ4n) is 2.57. The molecule has 0 aromatic rings. The standard InChI is InChI=1S/C12H24.CH4/c1-11(2,3)9-7-8-10(9)12(4,5)6;/h9-10H,7-8H2,1-6H3;1H4/i;1D. The van der Waals surface area contributed by atoms with Crippen molar-refractivity contribution in [3.63, 3.8) is 0 Å². The average molecular weight is 185 g/mol. The minimum absolute atomic E-state index is 0.524. The average Bonchev–Trinajstić information content (AvgIpc) is 1.80. The molecule has 1 rings (SSSR count). The van der Waals surface area contributed by atoms with Crippen LogP contribution in [0, 0.1) is 22.7 Å². The summed E-state index contributed by atoms with van der Waals surface area (Å²) in [6.45, 7) is 14.3. The van der Waals surface area contributed by atoms with Gasteiger partial charge in [-0.1, -0.05) is 48.9 Å². The highest BCUT2D eigenvalue weighted by Crippen LogP contribution is 2.53. The van der Waals surface area contributed by atoms with Crippen molar-refractivity contribution >= 4 is 0 Å². The van der Waals surface area contributed by atoms with Crippen molar-refractivity contribution in [2.45, 2.75) is 61.8 Å². The summed E-state index contributed by atoms with van der Waals surface area (Å²) in [4.78, 5) is 0. The first-order valence-corrected chi connectivity index (χ1v) is 5.23. The van der Waals surface area contributed by atoms with Gasteiger partial charge in [-0.3, -0.25) is 0 Å². The highest BCUT2D eigenvalue weighted by Gasteiger charge is 2.44. The lowest BCUT2D eigenvalue weighted by atomic mass is 9.54. The van der Waals surface area contributed by atoms with E-state index in [4.69, 9.17) is 1.37 Å².